The zero-order chi connectivity index (χ0) is 11.4. The van der Waals surface area contributed by atoms with Crippen LogP contribution in [0.4, 0.5) is 10.2 Å². The van der Waals surface area contributed by atoms with Crippen LogP contribution in [0.2, 0.25) is 0 Å². The Bertz CT molecular complexity index is 340. The second-order valence-electron chi connectivity index (χ2n) is 3.99. The maximum Gasteiger partial charge on any atom is 0.189 e. The van der Waals surface area contributed by atoms with Crippen molar-refractivity contribution in [2.45, 2.75) is 18.0 Å². The van der Waals surface area contributed by atoms with Gasteiger partial charge in [-0.05, 0) is 31.1 Å². The average molecular weight is 241 g/mol. The minimum Gasteiger partial charge on any atom is -0.356 e. The van der Waals surface area contributed by atoms with E-state index in [4.69, 9.17) is 0 Å². The molecule has 0 spiro atoms. The zero-order valence-corrected chi connectivity index (χ0v) is 10.2. The number of thioether (sulfide) groups is 1. The van der Waals surface area contributed by atoms with Crippen molar-refractivity contribution < 1.29 is 4.39 Å². The van der Waals surface area contributed by atoms with E-state index in [1.807, 2.05) is 12.3 Å². The number of anilines is 1. The lowest BCUT2D eigenvalue weighted by molar-refractivity contribution is 0.307. The lowest BCUT2D eigenvalue weighted by Crippen LogP contribution is -2.34. The summed E-state index contributed by atoms with van der Waals surface area (Å²) in [5, 5.41) is 0.796. The molecule has 0 radical (unpaired) electrons. The van der Waals surface area contributed by atoms with E-state index in [1.54, 1.807) is 18.0 Å². The van der Waals surface area contributed by atoms with Crippen LogP contribution in [0.5, 0.6) is 0 Å². The molecule has 0 N–H and O–H groups in total. The van der Waals surface area contributed by atoms with Crippen molar-refractivity contribution in [2.75, 3.05) is 30.9 Å². The van der Waals surface area contributed by atoms with Crippen molar-refractivity contribution in [3.05, 3.63) is 12.3 Å². The second-order valence-corrected chi connectivity index (χ2v) is 4.76. The summed E-state index contributed by atoms with van der Waals surface area (Å²) < 4.78 is 12.5. The van der Waals surface area contributed by atoms with E-state index in [1.165, 1.54) is 0 Å². The van der Waals surface area contributed by atoms with Gasteiger partial charge in [0.05, 0.1) is 6.67 Å². The summed E-state index contributed by atoms with van der Waals surface area (Å²) in [6.45, 7) is 1.62. The van der Waals surface area contributed by atoms with Crippen molar-refractivity contribution in [2.24, 2.45) is 5.92 Å². The number of nitrogens with zero attached hydrogens (tertiary/aromatic N) is 3. The predicted molar refractivity (Wildman–Crippen MR) is 64.7 cm³/mol. The summed E-state index contributed by atoms with van der Waals surface area (Å²) in [5.41, 5.74) is 0. The van der Waals surface area contributed by atoms with Gasteiger partial charge in [0.15, 0.2) is 5.16 Å². The van der Waals surface area contributed by atoms with Crippen molar-refractivity contribution in [1.82, 2.24) is 9.97 Å². The maximum absolute atomic E-state index is 12.5. The molecule has 0 unspecified atom stereocenters. The van der Waals surface area contributed by atoms with E-state index in [2.05, 4.69) is 14.9 Å². The van der Waals surface area contributed by atoms with Gasteiger partial charge >= 0.3 is 0 Å². The summed E-state index contributed by atoms with van der Waals surface area (Å²) in [6.07, 6.45) is 5.61. The van der Waals surface area contributed by atoms with Gasteiger partial charge in [0, 0.05) is 19.3 Å². The minimum atomic E-state index is -0.187. The number of piperidine rings is 1. The van der Waals surface area contributed by atoms with Gasteiger partial charge in [0.25, 0.3) is 0 Å². The lowest BCUT2D eigenvalue weighted by atomic mass is 9.98. The van der Waals surface area contributed by atoms with E-state index in [-0.39, 0.29) is 12.6 Å². The summed E-state index contributed by atoms with van der Waals surface area (Å²) in [5.74, 6) is 1.22. The third kappa shape index (κ3) is 2.64. The van der Waals surface area contributed by atoms with Crippen LogP contribution in [0.3, 0.4) is 0 Å². The van der Waals surface area contributed by atoms with Gasteiger partial charge in [0.2, 0.25) is 0 Å². The van der Waals surface area contributed by atoms with E-state index in [0.29, 0.717) is 0 Å². The molecule has 1 saturated heterocycles. The average Bonchev–Trinajstić information content (AvgIpc) is 2.39. The van der Waals surface area contributed by atoms with Crippen LogP contribution in [0.1, 0.15) is 12.8 Å². The first-order chi connectivity index (χ1) is 7.83. The van der Waals surface area contributed by atoms with Crippen LogP contribution in [0.15, 0.2) is 17.4 Å². The zero-order valence-electron chi connectivity index (χ0n) is 9.40. The molecule has 0 bridgehead atoms. The van der Waals surface area contributed by atoms with Crippen LogP contribution in [-0.2, 0) is 0 Å². The number of hydrogen-bond acceptors (Lipinski definition) is 4. The van der Waals surface area contributed by atoms with E-state index >= 15 is 0 Å². The molecule has 1 fully saturated rings. The van der Waals surface area contributed by atoms with Crippen LogP contribution in [0, 0.1) is 5.92 Å². The second kappa shape index (κ2) is 5.48. The lowest BCUT2D eigenvalue weighted by Gasteiger charge is -2.31. The van der Waals surface area contributed by atoms with E-state index in [0.717, 1.165) is 36.9 Å². The van der Waals surface area contributed by atoms with Gasteiger partial charge in [0.1, 0.15) is 5.82 Å². The summed E-state index contributed by atoms with van der Waals surface area (Å²) in [6, 6.07) is 1.93. The van der Waals surface area contributed by atoms with Crippen molar-refractivity contribution >= 4 is 17.6 Å². The Morgan fingerprint density at radius 1 is 1.50 bits per heavy atom. The van der Waals surface area contributed by atoms with Crippen LogP contribution in [-0.4, -0.2) is 36.0 Å². The number of hydrogen-bond donors (Lipinski definition) is 0. The van der Waals surface area contributed by atoms with Crippen molar-refractivity contribution in [3.63, 3.8) is 0 Å². The van der Waals surface area contributed by atoms with Gasteiger partial charge in [-0.15, -0.1) is 0 Å². The molecule has 0 aromatic carbocycles. The van der Waals surface area contributed by atoms with Gasteiger partial charge in [-0.25, -0.2) is 9.97 Å². The molecule has 16 heavy (non-hydrogen) atoms. The summed E-state index contributed by atoms with van der Waals surface area (Å²) in [7, 11) is 0. The number of aromatic nitrogens is 2. The quantitative estimate of drug-likeness (QED) is 0.600. The Morgan fingerprint density at radius 3 is 2.88 bits per heavy atom. The highest BCUT2D eigenvalue weighted by atomic mass is 32.2. The number of halogens is 1. The molecule has 0 atom stereocenters. The predicted octanol–water partition coefficient (Wildman–Crippen LogP) is 2.38. The van der Waals surface area contributed by atoms with Crippen LogP contribution >= 0.6 is 11.8 Å². The molecule has 1 aromatic heterocycles. The molecule has 2 rings (SSSR count). The molecule has 0 aliphatic carbocycles. The van der Waals surface area contributed by atoms with Gasteiger partial charge in [-0.2, -0.15) is 0 Å². The largest absolute Gasteiger partial charge is 0.356 e. The first kappa shape index (κ1) is 11.6. The summed E-state index contributed by atoms with van der Waals surface area (Å²) in [4.78, 5) is 10.8. The highest BCUT2D eigenvalue weighted by Gasteiger charge is 2.20. The van der Waals surface area contributed by atoms with Crippen molar-refractivity contribution in [3.8, 4) is 0 Å². The fourth-order valence-electron chi connectivity index (χ4n) is 1.92. The van der Waals surface area contributed by atoms with E-state index in [9.17, 15) is 4.39 Å². The Kier molecular flexibility index (Phi) is 3.98. The monoisotopic (exact) mass is 241 g/mol. The van der Waals surface area contributed by atoms with Crippen molar-refractivity contribution in [1.29, 1.82) is 0 Å². The Labute approximate surface area is 99.5 Å². The molecule has 1 aliphatic heterocycles. The topological polar surface area (TPSA) is 29.0 Å². The summed E-state index contributed by atoms with van der Waals surface area (Å²) >= 11 is 1.54. The molecule has 1 aliphatic rings. The normalized spacial score (nSPS) is 17.8. The molecular weight excluding hydrogens is 225 g/mol. The molecule has 5 heteroatoms. The van der Waals surface area contributed by atoms with E-state index < -0.39 is 0 Å². The third-order valence-corrected chi connectivity index (χ3v) is 3.52. The Morgan fingerprint density at radius 2 is 2.25 bits per heavy atom. The number of rotatable bonds is 3. The Balaban J connectivity index is 2.02. The molecule has 1 aromatic rings. The van der Waals surface area contributed by atoms with Gasteiger partial charge in [-0.1, -0.05) is 11.8 Å². The molecule has 2 heterocycles. The fourth-order valence-corrected chi connectivity index (χ4v) is 2.27. The molecular formula is C11H16FN3S. The highest BCUT2D eigenvalue weighted by Crippen LogP contribution is 2.22. The minimum absolute atomic E-state index is 0.187. The fraction of sp³-hybridized carbons (Fsp3) is 0.636. The van der Waals surface area contributed by atoms with Crippen LogP contribution < -0.4 is 4.90 Å². The highest BCUT2D eigenvalue weighted by molar-refractivity contribution is 7.98. The SMILES string of the molecule is CSc1nccc(N2CCC(CF)CC2)n1. The Hall–Kier alpha value is -0.840. The smallest absolute Gasteiger partial charge is 0.189 e. The molecule has 88 valence electrons. The maximum atomic E-state index is 12.5. The first-order valence-electron chi connectivity index (χ1n) is 5.51. The first-order valence-corrected chi connectivity index (χ1v) is 6.74. The van der Waals surface area contributed by atoms with Gasteiger partial charge < -0.3 is 4.90 Å². The standard InChI is InChI=1S/C11H16FN3S/c1-16-11-13-5-2-10(14-11)15-6-3-9(8-12)4-7-15/h2,5,9H,3-4,6-8H2,1H3. The molecule has 0 saturated carbocycles. The number of alkyl halides is 1. The third-order valence-electron chi connectivity index (χ3n) is 2.96. The van der Waals surface area contributed by atoms with Gasteiger partial charge in [-0.3, -0.25) is 4.39 Å². The van der Waals surface area contributed by atoms with Crippen LogP contribution in [0.25, 0.3) is 0 Å². The molecule has 3 nitrogen and oxygen atoms in total. The molecule has 0 amide bonds.